The molecule has 2 unspecified atom stereocenters. The maximum Gasteiger partial charge on any atom is 0.126 e. The Kier molecular flexibility index (Phi) is 5.90. The van der Waals surface area contributed by atoms with Crippen molar-refractivity contribution in [2.24, 2.45) is 5.92 Å². The van der Waals surface area contributed by atoms with Gasteiger partial charge in [0.25, 0.3) is 0 Å². The van der Waals surface area contributed by atoms with Crippen LogP contribution in [0.25, 0.3) is 0 Å². The van der Waals surface area contributed by atoms with E-state index in [-0.39, 0.29) is 21.5 Å². The standard InChI is InChI=1S/C16H25F2NS/c1-11(2)7-15(19-20(6)16(3,4)5)12-8-13(17)10-14(18)9-12/h8-11,15,19H,6-7H2,1-5H3. The lowest BCUT2D eigenvalue weighted by Crippen LogP contribution is -2.26. The molecule has 0 spiro atoms. The molecule has 0 heterocycles. The van der Waals surface area contributed by atoms with Gasteiger partial charge in [0.1, 0.15) is 11.6 Å². The summed E-state index contributed by atoms with van der Waals surface area (Å²) in [7, 11) is -0.292. The second kappa shape index (κ2) is 6.81. The van der Waals surface area contributed by atoms with Crippen LogP contribution < -0.4 is 4.72 Å². The van der Waals surface area contributed by atoms with Crippen LogP contribution in [0.5, 0.6) is 0 Å². The molecule has 114 valence electrons. The highest BCUT2D eigenvalue weighted by molar-refractivity contribution is 8.13. The van der Waals surface area contributed by atoms with Crippen LogP contribution in [-0.2, 0) is 0 Å². The molecule has 1 N–H and O–H groups in total. The SMILES string of the molecule is C=S(NC(CC(C)C)c1cc(F)cc(F)c1)C(C)(C)C. The van der Waals surface area contributed by atoms with E-state index in [4.69, 9.17) is 0 Å². The second-order valence-corrected chi connectivity index (χ2v) is 8.75. The first kappa shape index (κ1) is 17.3. The molecule has 0 saturated heterocycles. The lowest BCUT2D eigenvalue weighted by Gasteiger charge is -2.30. The average Bonchev–Trinajstić information content (AvgIpc) is 2.24. The van der Waals surface area contributed by atoms with Crippen LogP contribution in [0.15, 0.2) is 18.2 Å². The summed E-state index contributed by atoms with van der Waals surface area (Å²) in [5.74, 6) is 3.52. The van der Waals surface area contributed by atoms with Crippen LogP contribution in [0, 0.1) is 17.6 Å². The van der Waals surface area contributed by atoms with Crippen LogP contribution >= 0.6 is 10.7 Å². The molecule has 0 bridgehead atoms. The predicted octanol–water partition coefficient (Wildman–Crippen LogP) is 5.06. The minimum Gasteiger partial charge on any atom is -0.262 e. The van der Waals surface area contributed by atoms with Gasteiger partial charge in [-0.3, -0.25) is 4.72 Å². The zero-order valence-corrected chi connectivity index (χ0v) is 13.8. The smallest absolute Gasteiger partial charge is 0.126 e. The molecule has 0 saturated carbocycles. The Morgan fingerprint density at radius 2 is 1.65 bits per heavy atom. The molecule has 20 heavy (non-hydrogen) atoms. The molecule has 1 nitrogen and oxygen atoms in total. The lowest BCUT2D eigenvalue weighted by atomic mass is 9.98. The van der Waals surface area contributed by atoms with Gasteiger partial charge in [-0.1, -0.05) is 40.5 Å². The van der Waals surface area contributed by atoms with Crippen molar-refractivity contribution in [2.75, 3.05) is 0 Å². The van der Waals surface area contributed by atoms with E-state index in [1.807, 2.05) is 0 Å². The van der Waals surface area contributed by atoms with Gasteiger partial charge >= 0.3 is 0 Å². The molecule has 0 amide bonds. The van der Waals surface area contributed by atoms with Crippen molar-refractivity contribution in [3.05, 3.63) is 35.4 Å². The van der Waals surface area contributed by atoms with E-state index in [0.717, 1.165) is 12.5 Å². The summed E-state index contributed by atoms with van der Waals surface area (Å²) in [6.45, 7) is 10.5. The predicted molar refractivity (Wildman–Crippen MR) is 86.2 cm³/mol. The molecular weight excluding hydrogens is 276 g/mol. The third-order valence-corrected chi connectivity index (χ3v) is 5.07. The zero-order chi connectivity index (χ0) is 15.5. The van der Waals surface area contributed by atoms with Gasteiger partial charge in [-0.05, 0) is 30.0 Å². The number of benzene rings is 1. The number of rotatable bonds is 5. The summed E-state index contributed by atoms with van der Waals surface area (Å²) in [4.78, 5) is 0. The van der Waals surface area contributed by atoms with Crippen LogP contribution in [0.4, 0.5) is 8.78 Å². The van der Waals surface area contributed by atoms with E-state index in [1.165, 1.54) is 12.1 Å². The fraction of sp³-hybridized carbons (Fsp3) is 0.562. The summed E-state index contributed by atoms with van der Waals surface area (Å²) in [6.07, 6.45) is 0.817. The molecule has 0 aliphatic rings. The van der Waals surface area contributed by atoms with Gasteiger partial charge in [0, 0.05) is 16.9 Å². The Morgan fingerprint density at radius 3 is 2.05 bits per heavy atom. The van der Waals surface area contributed by atoms with Gasteiger partial charge in [0.2, 0.25) is 0 Å². The van der Waals surface area contributed by atoms with Gasteiger partial charge in [-0.15, -0.1) is 10.7 Å². The molecule has 4 heteroatoms. The molecule has 2 atom stereocenters. The zero-order valence-electron chi connectivity index (χ0n) is 13.0. The van der Waals surface area contributed by atoms with Crippen molar-refractivity contribution in [1.82, 2.24) is 4.72 Å². The fourth-order valence-corrected chi connectivity index (χ4v) is 2.78. The summed E-state index contributed by atoms with van der Waals surface area (Å²) < 4.78 is 30.3. The number of nitrogens with one attached hydrogen (secondary N) is 1. The van der Waals surface area contributed by atoms with E-state index >= 15 is 0 Å². The number of hydrogen-bond donors (Lipinski definition) is 1. The second-order valence-electron chi connectivity index (χ2n) is 6.51. The topological polar surface area (TPSA) is 12.0 Å². The first-order valence-corrected chi connectivity index (χ1v) is 8.25. The molecule has 0 radical (unpaired) electrons. The van der Waals surface area contributed by atoms with Crippen molar-refractivity contribution in [3.8, 4) is 0 Å². The van der Waals surface area contributed by atoms with Gasteiger partial charge in [-0.2, -0.15) is 0 Å². The highest BCUT2D eigenvalue weighted by Crippen LogP contribution is 2.32. The minimum atomic E-state index is -0.532. The van der Waals surface area contributed by atoms with E-state index < -0.39 is 11.6 Å². The van der Waals surface area contributed by atoms with Crippen molar-refractivity contribution in [3.63, 3.8) is 0 Å². The Bertz CT molecular complexity index is 458. The van der Waals surface area contributed by atoms with E-state index in [1.54, 1.807) is 0 Å². The fourth-order valence-electron chi connectivity index (χ4n) is 1.85. The summed E-state index contributed by atoms with van der Waals surface area (Å²) in [5.41, 5.74) is 0.654. The normalized spacial score (nSPS) is 15.4. The van der Waals surface area contributed by atoms with Gasteiger partial charge in [0.15, 0.2) is 0 Å². The highest BCUT2D eigenvalue weighted by Gasteiger charge is 2.20. The largest absolute Gasteiger partial charge is 0.262 e. The number of halogens is 2. The Balaban J connectivity index is 3.03. The average molecular weight is 301 g/mol. The minimum absolute atomic E-state index is 0.0150. The van der Waals surface area contributed by atoms with Crippen LogP contribution in [-0.4, -0.2) is 10.6 Å². The Morgan fingerprint density at radius 1 is 1.15 bits per heavy atom. The van der Waals surface area contributed by atoms with Crippen molar-refractivity contribution in [1.29, 1.82) is 0 Å². The van der Waals surface area contributed by atoms with Gasteiger partial charge in [-0.25, -0.2) is 8.78 Å². The van der Waals surface area contributed by atoms with Crippen molar-refractivity contribution < 1.29 is 8.78 Å². The molecule has 1 aromatic carbocycles. The first-order valence-electron chi connectivity index (χ1n) is 6.86. The summed E-state index contributed by atoms with van der Waals surface area (Å²) in [5, 5.41) is 0. The van der Waals surface area contributed by atoms with Crippen LogP contribution in [0.2, 0.25) is 0 Å². The molecule has 0 aliphatic carbocycles. The third-order valence-electron chi connectivity index (χ3n) is 3.02. The molecule has 1 aromatic rings. The van der Waals surface area contributed by atoms with Crippen molar-refractivity contribution in [2.45, 2.75) is 51.8 Å². The summed E-state index contributed by atoms with van der Waals surface area (Å²) in [6, 6.07) is 3.63. The first-order chi connectivity index (χ1) is 9.09. The maximum atomic E-state index is 13.4. The molecule has 0 aliphatic heterocycles. The Labute approximate surface area is 123 Å². The maximum absolute atomic E-state index is 13.4. The quantitative estimate of drug-likeness (QED) is 0.750. The van der Waals surface area contributed by atoms with Crippen LogP contribution in [0.3, 0.4) is 0 Å². The highest BCUT2D eigenvalue weighted by atomic mass is 32.2. The Hall–Kier alpha value is -0.740. The number of hydrogen-bond acceptors (Lipinski definition) is 1. The lowest BCUT2D eigenvalue weighted by molar-refractivity contribution is 0.481. The van der Waals surface area contributed by atoms with Crippen molar-refractivity contribution >= 4 is 16.5 Å². The summed E-state index contributed by atoms with van der Waals surface area (Å²) >= 11 is 0. The molecule has 1 rings (SSSR count). The van der Waals surface area contributed by atoms with E-state index in [2.05, 4.69) is 45.2 Å². The molecule has 0 fully saturated rings. The molecule has 0 aromatic heterocycles. The van der Waals surface area contributed by atoms with E-state index in [0.29, 0.717) is 11.5 Å². The monoisotopic (exact) mass is 301 g/mol. The van der Waals surface area contributed by atoms with Gasteiger partial charge in [0.05, 0.1) is 0 Å². The van der Waals surface area contributed by atoms with E-state index in [9.17, 15) is 8.78 Å². The van der Waals surface area contributed by atoms with Crippen LogP contribution in [0.1, 0.15) is 52.6 Å². The third kappa shape index (κ3) is 5.33. The van der Waals surface area contributed by atoms with Gasteiger partial charge < -0.3 is 0 Å². The molecular formula is C16H25F2NS.